The fraction of sp³-hybridized carbons (Fsp3) is 0.500. The molecular formula is C14H16F2N2S2. The third-order valence-corrected chi connectivity index (χ3v) is 5.40. The highest BCUT2D eigenvalue weighted by molar-refractivity contribution is 7.99. The van der Waals surface area contributed by atoms with Crippen LogP contribution in [0.1, 0.15) is 32.2 Å². The molecule has 1 N–H and O–H groups in total. The Kier molecular flexibility index (Phi) is 3.86. The van der Waals surface area contributed by atoms with Gasteiger partial charge in [0.2, 0.25) is 0 Å². The molecule has 0 aliphatic heterocycles. The van der Waals surface area contributed by atoms with Crippen LogP contribution in [0.2, 0.25) is 0 Å². The van der Waals surface area contributed by atoms with E-state index in [0.29, 0.717) is 21.1 Å². The minimum Gasteiger partial charge on any atom is -0.328 e. The van der Waals surface area contributed by atoms with E-state index in [1.807, 2.05) is 16.3 Å². The summed E-state index contributed by atoms with van der Waals surface area (Å²) >= 11 is 7.26. The van der Waals surface area contributed by atoms with Crippen molar-refractivity contribution in [3.63, 3.8) is 0 Å². The monoisotopic (exact) mass is 314 g/mol. The lowest BCUT2D eigenvalue weighted by Crippen LogP contribution is -2.06. The van der Waals surface area contributed by atoms with Gasteiger partial charge in [-0.05, 0) is 43.3 Å². The molecule has 2 unspecified atom stereocenters. The van der Waals surface area contributed by atoms with Crippen molar-refractivity contribution in [2.45, 2.75) is 37.5 Å². The second-order valence-corrected chi connectivity index (χ2v) is 7.09. The van der Waals surface area contributed by atoms with E-state index >= 15 is 0 Å². The summed E-state index contributed by atoms with van der Waals surface area (Å²) in [4.78, 5) is 2.88. The molecule has 1 aromatic heterocycles. The van der Waals surface area contributed by atoms with Crippen LogP contribution in [-0.2, 0) is 0 Å². The highest BCUT2D eigenvalue weighted by Gasteiger charge is 2.28. The summed E-state index contributed by atoms with van der Waals surface area (Å²) in [6.07, 6.45) is 3.16. The van der Waals surface area contributed by atoms with E-state index in [4.69, 9.17) is 12.2 Å². The van der Waals surface area contributed by atoms with Crippen LogP contribution < -0.4 is 0 Å². The van der Waals surface area contributed by atoms with Crippen LogP contribution in [-0.4, -0.2) is 20.6 Å². The second-order valence-electron chi connectivity index (χ2n) is 5.13. The lowest BCUT2D eigenvalue weighted by molar-refractivity contribution is 0.526. The second kappa shape index (κ2) is 5.48. The largest absolute Gasteiger partial charge is 0.328 e. The fourth-order valence-electron chi connectivity index (χ4n) is 3.05. The summed E-state index contributed by atoms with van der Waals surface area (Å²) in [5.41, 5.74) is 0.850. The summed E-state index contributed by atoms with van der Waals surface area (Å²) < 4.78 is 29.6. The third-order valence-electron chi connectivity index (χ3n) is 3.87. The van der Waals surface area contributed by atoms with E-state index in [1.165, 1.54) is 6.07 Å². The number of hydrogen-bond acceptors (Lipinski definition) is 2. The molecule has 1 aromatic carbocycles. The van der Waals surface area contributed by atoms with Gasteiger partial charge in [-0.2, -0.15) is 11.8 Å². The number of thioether (sulfide) groups is 1. The SMILES string of the molecule is CCSC1CCC(n2c(=S)[nH]c3c(F)cc(F)cc32)C1. The van der Waals surface area contributed by atoms with Crippen molar-refractivity contribution in [3.05, 3.63) is 28.5 Å². The van der Waals surface area contributed by atoms with Gasteiger partial charge in [0.1, 0.15) is 11.3 Å². The lowest BCUT2D eigenvalue weighted by atomic mass is 10.2. The minimum atomic E-state index is -0.581. The summed E-state index contributed by atoms with van der Waals surface area (Å²) in [5.74, 6) is -0.0440. The van der Waals surface area contributed by atoms with E-state index < -0.39 is 11.6 Å². The molecule has 1 saturated carbocycles. The average molecular weight is 314 g/mol. The number of imidazole rings is 1. The molecule has 2 nitrogen and oxygen atoms in total. The number of halogens is 2. The third kappa shape index (κ3) is 2.39. The van der Waals surface area contributed by atoms with Crippen LogP contribution in [0.15, 0.2) is 12.1 Å². The van der Waals surface area contributed by atoms with Gasteiger partial charge in [-0.25, -0.2) is 8.78 Å². The molecule has 0 spiro atoms. The maximum absolute atomic E-state index is 13.8. The smallest absolute Gasteiger partial charge is 0.178 e. The molecule has 108 valence electrons. The van der Waals surface area contributed by atoms with Gasteiger partial charge in [-0.3, -0.25) is 0 Å². The maximum Gasteiger partial charge on any atom is 0.178 e. The van der Waals surface area contributed by atoms with Crippen molar-refractivity contribution in [2.24, 2.45) is 0 Å². The summed E-state index contributed by atoms with van der Waals surface area (Å²) in [5, 5.41) is 0.621. The van der Waals surface area contributed by atoms with Crippen LogP contribution in [0, 0.1) is 16.4 Å². The van der Waals surface area contributed by atoms with Crippen LogP contribution >= 0.6 is 24.0 Å². The number of H-pyrrole nitrogens is 1. The zero-order valence-corrected chi connectivity index (χ0v) is 12.8. The quantitative estimate of drug-likeness (QED) is 0.820. The first-order valence-electron chi connectivity index (χ1n) is 6.81. The molecule has 3 rings (SSSR count). The van der Waals surface area contributed by atoms with Crippen LogP contribution in [0.3, 0.4) is 0 Å². The summed E-state index contributed by atoms with van der Waals surface area (Å²) in [7, 11) is 0. The highest BCUT2D eigenvalue weighted by atomic mass is 32.2. The number of benzene rings is 1. The summed E-state index contributed by atoms with van der Waals surface area (Å²) in [6.45, 7) is 2.15. The highest BCUT2D eigenvalue weighted by Crippen LogP contribution is 2.39. The number of nitrogens with zero attached hydrogens (tertiary/aromatic N) is 1. The topological polar surface area (TPSA) is 20.7 Å². The average Bonchev–Trinajstić information content (AvgIpc) is 2.94. The molecule has 1 fully saturated rings. The van der Waals surface area contributed by atoms with E-state index in [1.54, 1.807) is 0 Å². The molecule has 1 heterocycles. The molecule has 6 heteroatoms. The zero-order chi connectivity index (χ0) is 14.3. The summed E-state index contributed by atoms with van der Waals surface area (Å²) in [6, 6.07) is 2.49. The molecule has 0 bridgehead atoms. The number of nitrogens with one attached hydrogen (secondary N) is 1. The number of hydrogen-bond donors (Lipinski definition) is 1. The Morgan fingerprint density at radius 1 is 1.40 bits per heavy atom. The predicted octanol–water partition coefficient (Wildman–Crippen LogP) is 4.82. The minimum absolute atomic E-state index is 0.237. The Morgan fingerprint density at radius 2 is 2.20 bits per heavy atom. The molecule has 2 atom stereocenters. The van der Waals surface area contributed by atoms with Gasteiger partial charge >= 0.3 is 0 Å². The molecule has 2 aromatic rings. The maximum atomic E-state index is 13.8. The van der Waals surface area contributed by atoms with Crippen molar-refractivity contribution < 1.29 is 8.78 Å². The van der Waals surface area contributed by atoms with Gasteiger partial charge in [0, 0.05) is 17.4 Å². The first-order valence-corrected chi connectivity index (χ1v) is 8.26. The standard InChI is InChI=1S/C14H16F2N2S2/c1-2-20-10-4-3-9(7-10)18-12-6-8(15)5-11(16)13(12)17-14(18)19/h5-6,9-10H,2-4,7H2,1H3,(H,17,19). The molecule has 0 amide bonds. The van der Waals surface area contributed by atoms with Gasteiger partial charge in [0.15, 0.2) is 10.6 Å². The number of fused-ring (bicyclic) bond motifs is 1. The van der Waals surface area contributed by atoms with Crippen molar-refractivity contribution in [1.82, 2.24) is 9.55 Å². The number of aromatic amines is 1. The first kappa shape index (κ1) is 14.1. The van der Waals surface area contributed by atoms with Gasteiger partial charge in [0.05, 0.1) is 5.52 Å². The number of rotatable bonds is 3. The molecule has 20 heavy (non-hydrogen) atoms. The predicted molar refractivity (Wildman–Crippen MR) is 81.8 cm³/mol. The Balaban J connectivity index is 2.04. The first-order chi connectivity index (χ1) is 9.60. The van der Waals surface area contributed by atoms with Crippen LogP contribution in [0.25, 0.3) is 11.0 Å². The zero-order valence-electron chi connectivity index (χ0n) is 11.2. The van der Waals surface area contributed by atoms with Crippen LogP contribution in [0.5, 0.6) is 0 Å². The molecule has 1 aliphatic carbocycles. The Hall–Kier alpha value is -0.880. The molecule has 0 radical (unpaired) electrons. The lowest BCUT2D eigenvalue weighted by Gasteiger charge is -2.14. The van der Waals surface area contributed by atoms with Gasteiger partial charge in [-0.1, -0.05) is 6.92 Å². The molecule has 1 aliphatic rings. The normalized spacial score (nSPS) is 22.8. The van der Waals surface area contributed by atoms with Crippen LogP contribution in [0.4, 0.5) is 8.78 Å². The van der Waals surface area contributed by atoms with Crippen molar-refractivity contribution in [3.8, 4) is 0 Å². The van der Waals surface area contributed by atoms with Crippen molar-refractivity contribution in [2.75, 3.05) is 5.75 Å². The van der Waals surface area contributed by atoms with Crippen molar-refractivity contribution in [1.29, 1.82) is 0 Å². The van der Waals surface area contributed by atoms with Gasteiger partial charge in [-0.15, -0.1) is 0 Å². The Bertz CT molecular complexity index is 692. The van der Waals surface area contributed by atoms with E-state index in [2.05, 4.69) is 11.9 Å². The van der Waals surface area contributed by atoms with Crippen molar-refractivity contribution >= 4 is 35.0 Å². The van der Waals surface area contributed by atoms with Gasteiger partial charge < -0.3 is 9.55 Å². The van der Waals surface area contributed by atoms with E-state index in [9.17, 15) is 8.78 Å². The molecular weight excluding hydrogens is 298 g/mol. The fourth-order valence-corrected chi connectivity index (χ4v) is 4.53. The Labute approximate surface area is 125 Å². The van der Waals surface area contributed by atoms with E-state index in [-0.39, 0.29) is 6.04 Å². The number of aromatic nitrogens is 2. The molecule has 0 saturated heterocycles. The van der Waals surface area contributed by atoms with Gasteiger partial charge in [0.25, 0.3) is 0 Å². The van der Waals surface area contributed by atoms with E-state index in [0.717, 1.165) is 31.1 Å². The Morgan fingerprint density at radius 3 is 2.95 bits per heavy atom.